The standard InChI is InChI=1S/C10H11NOS/c1-7(11-12)10-6-8-4-2-3-5-9(8)13-10/h2-7,11-12H,1H3/p+1. The molecule has 1 aromatic heterocycles. The maximum Gasteiger partial charge on any atom is 0.106 e. The summed E-state index contributed by atoms with van der Waals surface area (Å²) in [6.45, 7) is 2.00. The molecular weight excluding hydrogens is 182 g/mol. The molecule has 0 radical (unpaired) electrons. The van der Waals surface area contributed by atoms with Crippen molar-refractivity contribution in [2.75, 3.05) is 0 Å². The van der Waals surface area contributed by atoms with Crippen LogP contribution in [0.5, 0.6) is 0 Å². The Morgan fingerprint density at radius 2 is 2.15 bits per heavy atom. The van der Waals surface area contributed by atoms with Gasteiger partial charge in [0.15, 0.2) is 0 Å². The van der Waals surface area contributed by atoms with E-state index in [4.69, 9.17) is 5.21 Å². The van der Waals surface area contributed by atoms with E-state index in [1.807, 2.05) is 19.1 Å². The van der Waals surface area contributed by atoms with Crippen LogP contribution >= 0.6 is 11.3 Å². The monoisotopic (exact) mass is 194 g/mol. The van der Waals surface area contributed by atoms with Gasteiger partial charge in [-0.05, 0) is 24.4 Å². The van der Waals surface area contributed by atoms with Gasteiger partial charge in [0.25, 0.3) is 0 Å². The van der Waals surface area contributed by atoms with Crippen molar-refractivity contribution in [1.82, 2.24) is 5.48 Å². The van der Waals surface area contributed by atoms with Crippen LogP contribution in [-0.4, -0.2) is 5.21 Å². The lowest BCUT2D eigenvalue weighted by molar-refractivity contribution is 0.135. The molecule has 1 atom stereocenters. The van der Waals surface area contributed by atoms with Crippen LogP contribution in [0.1, 0.15) is 17.8 Å². The first-order valence-corrected chi connectivity index (χ1v) is 5.03. The molecule has 68 valence electrons. The van der Waals surface area contributed by atoms with Gasteiger partial charge in [0.1, 0.15) is 6.04 Å². The number of benzene rings is 1. The molecular formula is C10H12NOS+. The summed E-state index contributed by atoms with van der Waals surface area (Å²) in [7, 11) is 0. The first-order valence-electron chi connectivity index (χ1n) is 4.22. The molecule has 3 heteroatoms. The molecule has 1 aromatic carbocycles. The first-order chi connectivity index (χ1) is 6.31. The van der Waals surface area contributed by atoms with Crippen LogP contribution in [-0.2, 0) is 0 Å². The van der Waals surface area contributed by atoms with Crippen LogP contribution in [0.15, 0.2) is 30.3 Å². The minimum atomic E-state index is 0.123. The van der Waals surface area contributed by atoms with E-state index in [1.54, 1.807) is 11.3 Å². The fourth-order valence-corrected chi connectivity index (χ4v) is 2.35. The van der Waals surface area contributed by atoms with E-state index in [0.29, 0.717) is 0 Å². The molecule has 0 amide bonds. The molecule has 0 aliphatic carbocycles. The molecule has 0 saturated carbocycles. The van der Waals surface area contributed by atoms with Crippen molar-refractivity contribution in [1.29, 1.82) is 0 Å². The molecule has 0 fully saturated rings. The third-order valence-corrected chi connectivity index (χ3v) is 3.39. The van der Waals surface area contributed by atoms with Gasteiger partial charge in [-0.3, -0.25) is 0 Å². The van der Waals surface area contributed by atoms with Gasteiger partial charge in [-0.25, -0.2) is 0 Å². The third-order valence-electron chi connectivity index (χ3n) is 2.09. The smallest absolute Gasteiger partial charge is 0.106 e. The van der Waals surface area contributed by atoms with Crippen molar-refractivity contribution in [2.24, 2.45) is 0 Å². The molecule has 13 heavy (non-hydrogen) atoms. The maximum atomic E-state index is 7.08. The molecule has 1 heterocycles. The fourth-order valence-electron chi connectivity index (χ4n) is 1.29. The molecule has 2 rings (SSSR count). The highest BCUT2D eigenvalue weighted by atomic mass is 32.1. The highest BCUT2D eigenvalue weighted by Gasteiger charge is 2.09. The summed E-state index contributed by atoms with van der Waals surface area (Å²) >= 11 is 1.75. The Labute approximate surface area is 80.8 Å². The van der Waals surface area contributed by atoms with Gasteiger partial charge in [0.2, 0.25) is 0 Å². The minimum Gasteiger partial charge on any atom is -0.341 e. The minimum absolute atomic E-state index is 0.123. The van der Waals surface area contributed by atoms with Crippen molar-refractivity contribution in [3.63, 3.8) is 0 Å². The highest BCUT2D eigenvalue weighted by molar-refractivity contribution is 7.19. The van der Waals surface area contributed by atoms with E-state index in [-0.39, 0.29) is 6.04 Å². The Balaban J connectivity index is 2.49. The predicted octanol–water partition coefficient (Wildman–Crippen LogP) is 2.19. The summed E-state index contributed by atoms with van der Waals surface area (Å²) in [5.41, 5.74) is 2.50. The SMILES string of the molecule is CC(N[OH2+])c1cc2ccccc2s1. The number of thiophene rings is 1. The molecule has 1 unspecified atom stereocenters. The summed E-state index contributed by atoms with van der Waals surface area (Å²) in [6, 6.07) is 10.6. The Morgan fingerprint density at radius 1 is 1.38 bits per heavy atom. The normalized spacial score (nSPS) is 13.4. The average Bonchev–Trinajstić information content (AvgIpc) is 2.59. The molecule has 0 bridgehead atoms. The molecule has 0 aliphatic heterocycles. The zero-order valence-corrected chi connectivity index (χ0v) is 8.19. The quantitative estimate of drug-likeness (QED) is 0.577. The van der Waals surface area contributed by atoms with Gasteiger partial charge in [0, 0.05) is 9.58 Å². The van der Waals surface area contributed by atoms with Gasteiger partial charge in [0.05, 0.1) is 0 Å². The van der Waals surface area contributed by atoms with E-state index in [2.05, 4.69) is 23.7 Å². The van der Waals surface area contributed by atoms with Crippen LogP contribution in [0.2, 0.25) is 0 Å². The van der Waals surface area contributed by atoms with Crippen LogP contribution in [0.25, 0.3) is 10.1 Å². The molecule has 0 saturated heterocycles. The Morgan fingerprint density at radius 3 is 2.85 bits per heavy atom. The van der Waals surface area contributed by atoms with E-state index in [1.165, 1.54) is 15.0 Å². The molecule has 2 aromatic rings. The third kappa shape index (κ3) is 1.58. The van der Waals surface area contributed by atoms with E-state index in [0.717, 1.165) is 0 Å². The summed E-state index contributed by atoms with van der Waals surface area (Å²) in [4.78, 5) is 1.22. The second kappa shape index (κ2) is 3.46. The summed E-state index contributed by atoms with van der Waals surface area (Å²) < 4.78 is 1.29. The van der Waals surface area contributed by atoms with Crippen molar-refractivity contribution in [3.8, 4) is 0 Å². The van der Waals surface area contributed by atoms with E-state index in [9.17, 15) is 0 Å². The lowest BCUT2D eigenvalue weighted by atomic mass is 10.2. The zero-order valence-electron chi connectivity index (χ0n) is 7.37. The molecule has 2 nitrogen and oxygen atoms in total. The van der Waals surface area contributed by atoms with Gasteiger partial charge in [-0.15, -0.1) is 11.3 Å². The number of hydrogen-bond donors (Lipinski definition) is 1. The summed E-state index contributed by atoms with van der Waals surface area (Å²) in [6.07, 6.45) is 0. The number of hydroxylamine groups is 1. The molecule has 3 N–H and O–H groups in total. The van der Waals surface area contributed by atoms with Gasteiger partial charge < -0.3 is 5.21 Å². The zero-order chi connectivity index (χ0) is 9.26. The van der Waals surface area contributed by atoms with Crippen LogP contribution in [0.3, 0.4) is 0 Å². The average molecular weight is 194 g/mol. The van der Waals surface area contributed by atoms with Gasteiger partial charge in [-0.1, -0.05) is 23.7 Å². The van der Waals surface area contributed by atoms with Crippen LogP contribution in [0, 0.1) is 0 Å². The number of fused-ring (bicyclic) bond motifs is 1. The second-order valence-electron chi connectivity index (χ2n) is 3.05. The topological polar surface area (TPSA) is 34.9 Å². The highest BCUT2D eigenvalue weighted by Crippen LogP contribution is 2.29. The fraction of sp³-hybridized carbons (Fsp3) is 0.200. The van der Waals surface area contributed by atoms with Crippen molar-refractivity contribution < 1.29 is 5.21 Å². The van der Waals surface area contributed by atoms with Crippen LogP contribution in [0.4, 0.5) is 0 Å². The van der Waals surface area contributed by atoms with Crippen molar-refractivity contribution in [3.05, 3.63) is 35.2 Å². The first kappa shape index (κ1) is 8.69. The lowest BCUT2D eigenvalue weighted by Crippen LogP contribution is -2.11. The number of rotatable bonds is 2. The maximum absolute atomic E-state index is 7.08. The van der Waals surface area contributed by atoms with E-state index < -0.39 is 0 Å². The van der Waals surface area contributed by atoms with Crippen molar-refractivity contribution in [2.45, 2.75) is 13.0 Å². The number of nitrogens with one attached hydrogen (secondary N) is 1. The molecule has 0 spiro atoms. The van der Waals surface area contributed by atoms with Crippen molar-refractivity contribution >= 4 is 21.4 Å². The van der Waals surface area contributed by atoms with Crippen LogP contribution < -0.4 is 5.48 Å². The largest absolute Gasteiger partial charge is 0.341 e. The van der Waals surface area contributed by atoms with E-state index >= 15 is 0 Å². The summed E-state index contributed by atoms with van der Waals surface area (Å²) in [5.74, 6) is 0. The summed E-state index contributed by atoms with van der Waals surface area (Å²) in [5, 5.41) is 8.34. The Kier molecular flexibility index (Phi) is 2.31. The number of hydrogen-bond acceptors (Lipinski definition) is 2. The Bertz CT molecular complexity index is 377. The Hall–Kier alpha value is -0.900. The second-order valence-corrected chi connectivity index (χ2v) is 4.17. The van der Waals surface area contributed by atoms with Gasteiger partial charge in [-0.2, -0.15) is 0 Å². The predicted molar refractivity (Wildman–Crippen MR) is 57.0 cm³/mol. The van der Waals surface area contributed by atoms with Gasteiger partial charge >= 0.3 is 0 Å². The molecule has 0 aliphatic rings. The lowest BCUT2D eigenvalue weighted by Gasteiger charge is -1.99.